The summed E-state index contributed by atoms with van der Waals surface area (Å²) in [6.45, 7) is 6.28. The van der Waals surface area contributed by atoms with Gasteiger partial charge in [-0.2, -0.15) is 0 Å². The zero-order valence-electron chi connectivity index (χ0n) is 8.82. The summed E-state index contributed by atoms with van der Waals surface area (Å²) in [6.07, 6.45) is 0.676. The Morgan fingerprint density at radius 2 is 2.00 bits per heavy atom. The van der Waals surface area contributed by atoms with Crippen LogP contribution in [0.25, 0.3) is 0 Å². The number of ether oxygens (including phenoxy) is 1. The van der Waals surface area contributed by atoms with Crippen molar-refractivity contribution in [2.75, 3.05) is 6.61 Å². The predicted molar refractivity (Wildman–Crippen MR) is 58.5 cm³/mol. The van der Waals surface area contributed by atoms with E-state index in [4.69, 9.17) is 4.74 Å². The van der Waals surface area contributed by atoms with Crippen LogP contribution in [0, 0.1) is 0 Å². The minimum Gasteiger partial charge on any atom is -0.461 e. The molecule has 0 aliphatic carbocycles. The number of hydrogen-bond acceptors (Lipinski definition) is 2. The standard InChI is InChI=1S/C13H14O2/c1-10-8-13(2,9-15-12(10)14)11-6-4-3-5-7-11/h3-7H,1,8-9H2,2H3. The maximum Gasteiger partial charge on any atom is 0.333 e. The molecule has 0 saturated carbocycles. The first-order valence-corrected chi connectivity index (χ1v) is 5.02. The quantitative estimate of drug-likeness (QED) is 0.516. The SMILES string of the molecule is C=C1CC(C)(c2ccccc2)COC1=O. The number of carbonyl (C=O) groups excluding carboxylic acids is 1. The third-order valence-corrected chi connectivity index (χ3v) is 2.88. The zero-order valence-corrected chi connectivity index (χ0v) is 8.82. The van der Waals surface area contributed by atoms with E-state index in [9.17, 15) is 4.79 Å². The molecule has 2 heteroatoms. The van der Waals surface area contributed by atoms with Crippen molar-refractivity contribution in [2.24, 2.45) is 0 Å². The predicted octanol–water partition coefficient (Wildman–Crippen LogP) is 2.45. The van der Waals surface area contributed by atoms with Crippen molar-refractivity contribution < 1.29 is 9.53 Å². The van der Waals surface area contributed by atoms with Gasteiger partial charge in [0.15, 0.2) is 0 Å². The summed E-state index contributed by atoms with van der Waals surface area (Å²) in [5.41, 5.74) is 1.64. The van der Waals surface area contributed by atoms with E-state index in [0.29, 0.717) is 18.6 Å². The average molecular weight is 202 g/mol. The molecule has 0 amide bonds. The Morgan fingerprint density at radius 1 is 1.33 bits per heavy atom. The molecule has 1 aromatic rings. The van der Waals surface area contributed by atoms with Crippen LogP contribution in [0.3, 0.4) is 0 Å². The van der Waals surface area contributed by atoms with E-state index in [1.165, 1.54) is 5.56 Å². The van der Waals surface area contributed by atoms with Crippen molar-refractivity contribution in [2.45, 2.75) is 18.8 Å². The van der Waals surface area contributed by atoms with Gasteiger partial charge < -0.3 is 4.74 Å². The van der Waals surface area contributed by atoms with E-state index in [1.54, 1.807) is 0 Å². The molecule has 1 saturated heterocycles. The molecule has 0 spiro atoms. The first-order chi connectivity index (χ1) is 7.12. The highest BCUT2D eigenvalue weighted by Crippen LogP contribution is 2.34. The van der Waals surface area contributed by atoms with E-state index in [2.05, 4.69) is 25.6 Å². The fraction of sp³-hybridized carbons (Fsp3) is 0.308. The van der Waals surface area contributed by atoms with Crippen molar-refractivity contribution in [3.63, 3.8) is 0 Å². The number of benzene rings is 1. The molecule has 0 bridgehead atoms. The largest absolute Gasteiger partial charge is 0.461 e. The fourth-order valence-corrected chi connectivity index (χ4v) is 1.95. The molecule has 2 nitrogen and oxygen atoms in total. The number of carbonyl (C=O) groups is 1. The van der Waals surface area contributed by atoms with Gasteiger partial charge in [-0.25, -0.2) is 4.79 Å². The van der Waals surface area contributed by atoms with Crippen LogP contribution >= 0.6 is 0 Å². The second-order valence-corrected chi connectivity index (χ2v) is 4.28. The Labute approximate surface area is 89.6 Å². The van der Waals surface area contributed by atoms with Gasteiger partial charge in [0.25, 0.3) is 0 Å². The van der Waals surface area contributed by atoms with Crippen molar-refractivity contribution in [3.8, 4) is 0 Å². The van der Waals surface area contributed by atoms with E-state index < -0.39 is 0 Å². The Balaban J connectivity index is 2.29. The molecule has 1 fully saturated rings. The van der Waals surface area contributed by atoms with Gasteiger partial charge in [-0.15, -0.1) is 0 Å². The number of cyclic esters (lactones) is 1. The minimum atomic E-state index is -0.261. The van der Waals surface area contributed by atoms with Crippen LogP contribution in [0.5, 0.6) is 0 Å². The normalized spacial score (nSPS) is 26.2. The van der Waals surface area contributed by atoms with Gasteiger partial charge in [-0.05, 0) is 12.0 Å². The summed E-state index contributed by atoms with van der Waals surface area (Å²) in [5.74, 6) is -0.261. The van der Waals surface area contributed by atoms with Crippen molar-refractivity contribution >= 4 is 5.97 Å². The number of esters is 1. The molecule has 1 unspecified atom stereocenters. The molecule has 15 heavy (non-hydrogen) atoms. The van der Waals surface area contributed by atoms with Gasteiger partial charge in [-0.1, -0.05) is 43.8 Å². The Hall–Kier alpha value is -1.57. The Kier molecular flexibility index (Phi) is 2.35. The fourth-order valence-electron chi connectivity index (χ4n) is 1.95. The third-order valence-electron chi connectivity index (χ3n) is 2.88. The third kappa shape index (κ3) is 1.80. The molecule has 1 aliphatic rings. The smallest absolute Gasteiger partial charge is 0.333 e. The molecule has 1 heterocycles. The molecule has 0 N–H and O–H groups in total. The second kappa shape index (κ2) is 3.54. The van der Waals surface area contributed by atoms with E-state index in [1.807, 2.05) is 18.2 Å². The van der Waals surface area contributed by atoms with Crippen molar-refractivity contribution in [1.29, 1.82) is 0 Å². The summed E-state index contributed by atoms with van der Waals surface area (Å²) < 4.78 is 5.12. The number of hydrogen-bond donors (Lipinski definition) is 0. The van der Waals surface area contributed by atoms with Gasteiger partial charge in [-0.3, -0.25) is 0 Å². The van der Waals surface area contributed by atoms with Crippen LogP contribution in [-0.2, 0) is 14.9 Å². The Bertz CT molecular complexity index is 394. The van der Waals surface area contributed by atoms with Crippen molar-refractivity contribution in [3.05, 3.63) is 48.0 Å². The van der Waals surface area contributed by atoms with E-state index in [0.717, 1.165) is 0 Å². The van der Waals surface area contributed by atoms with Gasteiger partial charge >= 0.3 is 5.97 Å². The minimum absolute atomic E-state index is 0.119. The first-order valence-electron chi connectivity index (χ1n) is 5.02. The highest BCUT2D eigenvalue weighted by atomic mass is 16.5. The Morgan fingerprint density at radius 3 is 2.60 bits per heavy atom. The maximum absolute atomic E-state index is 11.2. The summed E-state index contributed by atoms with van der Waals surface area (Å²) in [7, 11) is 0. The summed E-state index contributed by atoms with van der Waals surface area (Å²) >= 11 is 0. The topological polar surface area (TPSA) is 26.3 Å². The van der Waals surface area contributed by atoms with Gasteiger partial charge in [0.05, 0.1) is 0 Å². The summed E-state index contributed by atoms with van der Waals surface area (Å²) in [6, 6.07) is 10.1. The molecular formula is C13H14O2. The van der Waals surface area contributed by atoms with Crippen LogP contribution in [-0.4, -0.2) is 12.6 Å². The first kappa shape index (κ1) is 9.97. The maximum atomic E-state index is 11.2. The molecular weight excluding hydrogens is 188 g/mol. The second-order valence-electron chi connectivity index (χ2n) is 4.28. The molecule has 0 radical (unpaired) electrons. The van der Waals surface area contributed by atoms with Gasteiger partial charge in [0, 0.05) is 11.0 Å². The van der Waals surface area contributed by atoms with Gasteiger partial charge in [0.1, 0.15) is 6.61 Å². The lowest BCUT2D eigenvalue weighted by atomic mass is 9.77. The van der Waals surface area contributed by atoms with Gasteiger partial charge in [0.2, 0.25) is 0 Å². The van der Waals surface area contributed by atoms with Crippen LogP contribution in [0.2, 0.25) is 0 Å². The summed E-state index contributed by atoms with van der Waals surface area (Å²) in [5, 5.41) is 0. The van der Waals surface area contributed by atoms with Crippen LogP contribution in [0.15, 0.2) is 42.5 Å². The van der Waals surface area contributed by atoms with Crippen molar-refractivity contribution in [1.82, 2.24) is 0 Å². The zero-order chi connectivity index (χ0) is 10.9. The molecule has 1 atom stereocenters. The lowest BCUT2D eigenvalue weighted by Gasteiger charge is -2.34. The highest BCUT2D eigenvalue weighted by Gasteiger charge is 2.35. The lowest BCUT2D eigenvalue weighted by Crippen LogP contribution is -2.36. The van der Waals surface area contributed by atoms with Crippen LogP contribution < -0.4 is 0 Å². The average Bonchev–Trinajstić information content (AvgIpc) is 2.26. The molecule has 0 aromatic heterocycles. The number of rotatable bonds is 1. The van der Waals surface area contributed by atoms with Crippen LogP contribution in [0.1, 0.15) is 18.9 Å². The monoisotopic (exact) mass is 202 g/mol. The summed E-state index contributed by atoms with van der Waals surface area (Å²) in [4.78, 5) is 11.2. The highest BCUT2D eigenvalue weighted by molar-refractivity contribution is 5.88. The van der Waals surface area contributed by atoms with Crippen LogP contribution in [0.4, 0.5) is 0 Å². The lowest BCUT2D eigenvalue weighted by molar-refractivity contribution is -0.144. The molecule has 1 aromatic carbocycles. The molecule has 2 rings (SSSR count). The molecule has 78 valence electrons. The van der Waals surface area contributed by atoms with E-state index in [-0.39, 0.29) is 11.4 Å². The molecule has 1 aliphatic heterocycles. The van der Waals surface area contributed by atoms with E-state index >= 15 is 0 Å².